The highest BCUT2D eigenvalue weighted by atomic mass is 32.2. The van der Waals surface area contributed by atoms with Gasteiger partial charge in [0.1, 0.15) is 0 Å². The predicted octanol–water partition coefficient (Wildman–Crippen LogP) is 3.25. The van der Waals surface area contributed by atoms with Gasteiger partial charge >= 0.3 is 6.09 Å². The highest BCUT2D eigenvalue weighted by molar-refractivity contribution is 7.89. The Kier molecular flexibility index (Phi) is 5.02. The van der Waals surface area contributed by atoms with Crippen LogP contribution >= 0.6 is 0 Å². The minimum atomic E-state index is -3.63. The molecule has 2 aromatic carbocycles. The Morgan fingerprint density at radius 2 is 1.77 bits per heavy atom. The lowest BCUT2D eigenvalue weighted by atomic mass is 10.1. The summed E-state index contributed by atoms with van der Waals surface area (Å²) in [4.78, 5) is 13.4. The van der Waals surface area contributed by atoms with E-state index in [-0.39, 0.29) is 11.4 Å². The number of carbonyl (C=O) groups is 1. The van der Waals surface area contributed by atoms with E-state index in [0.29, 0.717) is 18.7 Å². The molecule has 1 heterocycles. The molecule has 138 valence electrons. The molecule has 26 heavy (non-hydrogen) atoms. The lowest BCUT2D eigenvalue weighted by Gasteiger charge is -2.27. The number of para-hydroxylation sites is 1. The fourth-order valence-corrected chi connectivity index (χ4v) is 4.78. The van der Waals surface area contributed by atoms with Crippen LogP contribution in [-0.4, -0.2) is 43.1 Å². The molecule has 0 bridgehead atoms. The minimum absolute atomic E-state index is 0.150. The summed E-state index contributed by atoms with van der Waals surface area (Å²) in [7, 11) is -3.63. The van der Waals surface area contributed by atoms with Crippen molar-refractivity contribution >= 4 is 21.8 Å². The molecule has 1 aliphatic heterocycles. The second kappa shape index (κ2) is 7.09. The predicted molar refractivity (Wildman–Crippen MR) is 100 cm³/mol. The number of hydrogen-bond donors (Lipinski definition) is 1. The fraction of sp³-hybridized carbons (Fsp3) is 0.316. The van der Waals surface area contributed by atoms with Crippen LogP contribution in [0.1, 0.15) is 17.5 Å². The summed E-state index contributed by atoms with van der Waals surface area (Å²) in [5.74, 6) is 0. The first kappa shape index (κ1) is 18.4. The number of carboxylic acid groups (broad SMARTS) is 1. The minimum Gasteiger partial charge on any atom is -0.465 e. The van der Waals surface area contributed by atoms with E-state index in [1.807, 2.05) is 26.0 Å². The maximum Gasteiger partial charge on any atom is 0.412 e. The normalized spacial score (nSPS) is 18.0. The molecule has 1 fully saturated rings. The molecule has 1 saturated heterocycles. The average Bonchev–Trinajstić information content (AvgIpc) is 3.07. The molecule has 1 amide bonds. The van der Waals surface area contributed by atoms with Gasteiger partial charge in [-0.3, -0.25) is 4.90 Å². The van der Waals surface area contributed by atoms with Crippen LogP contribution in [-0.2, 0) is 10.0 Å². The third kappa shape index (κ3) is 3.45. The number of anilines is 1. The van der Waals surface area contributed by atoms with Crippen LogP contribution < -0.4 is 4.90 Å². The lowest BCUT2D eigenvalue weighted by Crippen LogP contribution is -2.42. The quantitative estimate of drug-likeness (QED) is 0.891. The van der Waals surface area contributed by atoms with Crippen molar-refractivity contribution in [1.29, 1.82) is 0 Å². The third-order valence-electron chi connectivity index (χ3n) is 4.73. The van der Waals surface area contributed by atoms with Crippen molar-refractivity contribution in [2.75, 3.05) is 18.0 Å². The van der Waals surface area contributed by atoms with Crippen LogP contribution in [0, 0.1) is 13.8 Å². The number of nitrogens with zero attached hydrogens (tertiary/aromatic N) is 2. The maximum absolute atomic E-state index is 12.8. The summed E-state index contributed by atoms with van der Waals surface area (Å²) in [6.07, 6.45) is -0.606. The average molecular weight is 374 g/mol. The van der Waals surface area contributed by atoms with Gasteiger partial charge in [-0.1, -0.05) is 35.9 Å². The third-order valence-corrected chi connectivity index (χ3v) is 6.61. The van der Waals surface area contributed by atoms with Gasteiger partial charge in [0.05, 0.1) is 16.6 Å². The van der Waals surface area contributed by atoms with Crippen molar-refractivity contribution in [2.24, 2.45) is 0 Å². The zero-order chi connectivity index (χ0) is 18.9. The zero-order valence-electron chi connectivity index (χ0n) is 14.8. The van der Waals surface area contributed by atoms with Crippen molar-refractivity contribution < 1.29 is 18.3 Å². The summed E-state index contributed by atoms with van der Waals surface area (Å²) in [5.41, 5.74) is 2.43. The number of sulfonamides is 1. The molecule has 7 heteroatoms. The summed E-state index contributed by atoms with van der Waals surface area (Å²) in [6.45, 7) is 4.20. The summed E-state index contributed by atoms with van der Waals surface area (Å²) >= 11 is 0. The van der Waals surface area contributed by atoms with Gasteiger partial charge in [-0.25, -0.2) is 13.2 Å². The van der Waals surface area contributed by atoms with Gasteiger partial charge in [0.15, 0.2) is 0 Å². The van der Waals surface area contributed by atoms with Crippen LogP contribution in [0.2, 0.25) is 0 Å². The second-order valence-corrected chi connectivity index (χ2v) is 8.50. The van der Waals surface area contributed by atoms with Gasteiger partial charge in [-0.05, 0) is 44.0 Å². The molecule has 0 aromatic heterocycles. The van der Waals surface area contributed by atoms with Crippen molar-refractivity contribution in [2.45, 2.75) is 31.2 Å². The number of hydrogen-bond acceptors (Lipinski definition) is 3. The van der Waals surface area contributed by atoms with Crippen molar-refractivity contribution in [3.63, 3.8) is 0 Å². The van der Waals surface area contributed by atoms with Crippen LogP contribution in [0.4, 0.5) is 10.5 Å². The van der Waals surface area contributed by atoms with Crippen LogP contribution in [0.15, 0.2) is 53.4 Å². The van der Waals surface area contributed by atoms with Crippen LogP contribution in [0.5, 0.6) is 0 Å². The second-order valence-electron chi connectivity index (χ2n) is 6.56. The van der Waals surface area contributed by atoms with E-state index in [2.05, 4.69) is 0 Å². The van der Waals surface area contributed by atoms with Gasteiger partial charge < -0.3 is 5.11 Å². The molecule has 1 aliphatic rings. The number of aryl methyl sites for hydroxylation is 2. The molecule has 2 aromatic rings. The first-order valence-corrected chi connectivity index (χ1v) is 9.89. The van der Waals surface area contributed by atoms with E-state index in [1.165, 1.54) is 9.21 Å². The Labute approximate surface area is 153 Å². The monoisotopic (exact) mass is 374 g/mol. The molecule has 1 atom stereocenters. The number of benzene rings is 2. The highest BCUT2D eigenvalue weighted by Crippen LogP contribution is 2.29. The summed E-state index contributed by atoms with van der Waals surface area (Å²) in [6, 6.07) is 13.5. The molecule has 0 spiro atoms. The molecule has 0 unspecified atom stereocenters. The van der Waals surface area contributed by atoms with Crippen molar-refractivity contribution in [3.05, 3.63) is 59.7 Å². The Balaban J connectivity index is 1.85. The molecule has 0 radical (unpaired) electrons. The van der Waals surface area contributed by atoms with Gasteiger partial charge in [-0.2, -0.15) is 4.31 Å². The Hall–Kier alpha value is -2.38. The van der Waals surface area contributed by atoms with Crippen molar-refractivity contribution in [1.82, 2.24) is 4.31 Å². The lowest BCUT2D eigenvalue weighted by molar-refractivity contribution is 0.199. The van der Waals surface area contributed by atoms with E-state index in [1.54, 1.807) is 36.4 Å². The molecule has 0 saturated carbocycles. The Morgan fingerprint density at radius 3 is 2.38 bits per heavy atom. The van der Waals surface area contributed by atoms with Crippen molar-refractivity contribution in [3.8, 4) is 0 Å². The Bertz CT molecular complexity index is 909. The van der Waals surface area contributed by atoms with E-state index >= 15 is 0 Å². The number of rotatable bonds is 4. The Morgan fingerprint density at radius 1 is 1.12 bits per heavy atom. The molecule has 6 nitrogen and oxygen atoms in total. The first-order valence-electron chi connectivity index (χ1n) is 8.45. The standard InChI is InChI=1S/C19H22N2O4S/c1-14-7-9-17(10-8-14)26(24,25)20-12-11-16(13-20)21(19(22)23)18-6-4-3-5-15(18)2/h3-10,16H,11-13H2,1-2H3,(H,22,23)/t16-/m1/s1. The molecule has 1 N–H and O–H groups in total. The first-order chi connectivity index (χ1) is 12.3. The number of amides is 1. The smallest absolute Gasteiger partial charge is 0.412 e. The van der Waals surface area contributed by atoms with Gasteiger partial charge in [-0.15, -0.1) is 0 Å². The van der Waals surface area contributed by atoms with Crippen LogP contribution in [0.25, 0.3) is 0 Å². The highest BCUT2D eigenvalue weighted by Gasteiger charge is 2.37. The molecule has 3 rings (SSSR count). The van der Waals surface area contributed by atoms with Gasteiger partial charge in [0, 0.05) is 13.1 Å². The summed E-state index contributed by atoms with van der Waals surface area (Å²) < 4.78 is 27.1. The topological polar surface area (TPSA) is 77.9 Å². The molecular weight excluding hydrogens is 352 g/mol. The van der Waals surface area contributed by atoms with E-state index < -0.39 is 22.2 Å². The van der Waals surface area contributed by atoms with E-state index in [4.69, 9.17) is 0 Å². The van der Waals surface area contributed by atoms with E-state index in [9.17, 15) is 18.3 Å². The van der Waals surface area contributed by atoms with Gasteiger partial charge in [0.25, 0.3) is 0 Å². The molecule has 0 aliphatic carbocycles. The maximum atomic E-state index is 12.8. The van der Waals surface area contributed by atoms with Gasteiger partial charge in [0.2, 0.25) is 10.0 Å². The summed E-state index contributed by atoms with van der Waals surface area (Å²) in [5, 5.41) is 9.71. The van der Waals surface area contributed by atoms with E-state index in [0.717, 1.165) is 11.1 Å². The van der Waals surface area contributed by atoms with Crippen LogP contribution in [0.3, 0.4) is 0 Å². The SMILES string of the molecule is Cc1ccc(S(=O)(=O)N2CC[C@@H](N(C(=O)O)c3ccccc3C)C2)cc1. The largest absolute Gasteiger partial charge is 0.465 e. The fourth-order valence-electron chi connectivity index (χ4n) is 3.29. The zero-order valence-corrected chi connectivity index (χ0v) is 15.6. The molecular formula is C19H22N2O4S.